The lowest BCUT2D eigenvalue weighted by atomic mass is 10.1. The van der Waals surface area contributed by atoms with Crippen molar-refractivity contribution in [3.63, 3.8) is 0 Å². The molecule has 30 heavy (non-hydrogen) atoms. The summed E-state index contributed by atoms with van der Waals surface area (Å²) in [7, 11) is 0. The summed E-state index contributed by atoms with van der Waals surface area (Å²) in [5.41, 5.74) is 3.73. The fourth-order valence-electron chi connectivity index (χ4n) is 3.52. The Morgan fingerprint density at radius 1 is 0.967 bits per heavy atom. The molecule has 5 rings (SSSR count). The third-order valence-corrected chi connectivity index (χ3v) is 5.26. The summed E-state index contributed by atoms with van der Waals surface area (Å²) < 4.78 is 7.55. The number of rotatable bonds is 4. The topological polar surface area (TPSA) is 59.9 Å². The number of halogens is 1. The van der Waals surface area contributed by atoms with Gasteiger partial charge in [-0.05, 0) is 48.4 Å². The Kier molecular flexibility index (Phi) is 4.52. The van der Waals surface area contributed by atoms with Crippen LogP contribution in [0.5, 0.6) is 11.5 Å². The van der Waals surface area contributed by atoms with Crippen LogP contribution in [0.15, 0.2) is 77.6 Å². The Morgan fingerprint density at radius 2 is 1.63 bits per heavy atom. The Balaban J connectivity index is 1.49. The van der Waals surface area contributed by atoms with Crippen LogP contribution in [-0.2, 0) is 6.54 Å². The number of H-pyrrole nitrogens is 1. The molecule has 5 nitrogen and oxygen atoms in total. The number of hydrogen-bond acceptors (Lipinski definition) is 3. The Hall–Kier alpha value is -3.57. The van der Waals surface area contributed by atoms with Crippen LogP contribution in [0.25, 0.3) is 21.9 Å². The minimum atomic E-state index is -0.223. The van der Waals surface area contributed by atoms with E-state index in [-0.39, 0.29) is 10.8 Å². The number of aromatic amines is 1. The van der Waals surface area contributed by atoms with Crippen molar-refractivity contribution in [2.24, 2.45) is 0 Å². The van der Waals surface area contributed by atoms with Crippen LogP contribution in [0.2, 0.25) is 5.15 Å². The third-order valence-electron chi connectivity index (χ3n) is 4.99. The minimum Gasteiger partial charge on any atom is -0.457 e. The molecule has 0 fully saturated rings. The van der Waals surface area contributed by atoms with Gasteiger partial charge in [-0.1, -0.05) is 54.1 Å². The summed E-state index contributed by atoms with van der Waals surface area (Å²) in [6.45, 7) is 4.27. The van der Waals surface area contributed by atoms with E-state index in [2.05, 4.69) is 16.9 Å². The Morgan fingerprint density at radius 3 is 2.37 bits per heavy atom. The van der Waals surface area contributed by atoms with Crippen molar-refractivity contribution >= 4 is 33.5 Å². The molecule has 0 spiro atoms. The van der Waals surface area contributed by atoms with Gasteiger partial charge in [-0.3, -0.25) is 4.57 Å². The van der Waals surface area contributed by atoms with E-state index in [1.54, 1.807) is 4.57 Å². The fourth-order valence-corrected chi connectivity index (χ4v) is 3.75. The zero-order valence-electron chi connectivity index (χ0n) is 15.9. The minimum absolute atomic E-state index is 0.223. The number of imidazole rings is 1. The number of nitrogens with one attached hydrogen (secondary N) is 1. The van der Waals surface area contributed by atoms with E-state index in [1.165, 1.54) is 0 Å². The summed E-state index contributed by atoms with van der Waals surface area (Å²) >= 11 is 6.32. The fraction of sp³-hybridized carbons (Fsp3) is 0.0417. The molecule has 0 saturated heterocycles. The van der Waals surface area contributed by atoms with E-state index in [1.807, 2.05) is 72.8 Å². The standard InChI is InChI=1S/C24H17ClN3O2/c1-15-6-10-17(11-7-15)30-18-12-8-16(9-13-18)14-28-22-19-4-2-3-5-20(19)26-23(25)21(22)27-24(28)29/h2-13H,1,14H2,(H,27,29). The van der Waals surface area contributed by atoms with Gasteiger partial charge in [-0.2, -0.15) is 0 Å². The molecule has 0 saturated carbocycles. The van der Waals surface area contributed by atoms with Gasteiger partial charge in [0, 0.05) is 5.39 Å². The average Bonchev–Trinajstić information content (AvgIpc) is 3.08. The van der Waals surface area contributed by atoms with Gasteiger partial charge >= 0.3 is 5.69 Å². The molecular formula is C24H17ClN3O2. The molecule has 3 aromatic carbocycles. The average molecular weight is 415 g/mol. The van der Waals surface area contributed by atoms with Crippen LogP contribution >= 0.6 is 11.6 Å². The second kappa shape index (κ2) is 7.35. The molecule has 0 amide bonds. The highest BCUT2D eigenvalue weighted by molar-refractivity contribution is 6.35. The highest BCUT2D eigenvalue weighted by Gasteiger charge is 2.15. The molecular weight excluding hydrogens is 398 g/mol. The molecule has 5 aromatic rings. The number of aromatic nitrogens is 3. The first kappa shape index (κ1) is 18.5. The number of pyridine rings is 1. The molecule has 1 radical (unpaired) electrons. The number of para-hydroxylation sites is 1. The van der Waals surface area contributed by atoms with E-state index in [4.69, 9.17) is 16.3 Å². The monoisotopic (exact) mass is 414 g/mol. The van der Waals surface area contributed by atoms with Crippen molar-refractivity contribution in [3.05, 3.63) is 106 Å². The summed E-state index contributed by atoms with van der Waals surface area (Å²) in [6, 6.07) is 22.9. The summed E-state index contributed by atoms with van der Waals surface area (Å²) in [4.78, 5) is 19.9. The van der Waals surface area contributed by atoms with Crippen LogP contribution < -0.4 is 10.4 Å². The molecule has 0 aliphatic heterocycles. The van der Waals surface area contributed by atoms with Gasteiger partial charge in [0.1, 0.15) is 17.0 Å². The molecule has 0 aliphatic rings. The van der Waals surface area contributed by atoms with Crippen molar-refractivity contribution in [2.75, 3.05) is 0 Å². The van der Waals surface area contributed by atoms with Gasteiger partial charge in [-0.25, -0.2) is 9.78 Å². The third kappa shape index (κ3) is 3.33. The zero-order valence-corrected chi connectivity index (χ0v) is 16.7. The maximum atomic E-state index is 12.7. The number of benzene rings is 3. The molecule has 0 unspecified atom stereocenters. The lowest BCUT2D eigenvalue weighted by Gasteiger charge is -2.09. The molecule has 0 bridgehead atoms. The molecule has 147 valence electrons. The zero-order chi connectivity index (χ0) is 20.7. The van der Waals surface area contributed by atoms with E-state index < -0.39 is 0 Å². The van der Waals surface area contributed by atoms with Gasteiger partial charge in [0.15, 0.2) is 5.15 Å². The van der Waals surface area contributed by atoms with Crippen molar-refractivity contribution in [1.29, 1.82) is 0 Å². The molecule has 0 aliphatic carbocycles. The molecule has 0 atom stereocenters. The SMILES string of the molecule is [CH2]c1ccc(Oc2ccc(Cn3c(=O)[nH]c4c(Cl)nc5ccccc5c43)cc2)cc1. The summed E-state index contributed by atoms with van der Waals surface area (Å²) in [6.07, 6.45) is 0. The van der Waals surface area contributed by atoms with Gasteiger partial charge in [0.05, 0.1) is 17.6 Å². The Bertz CT molecular complexity index is 1420. The largest absolute Gasteiger partial charge is 0.457 e. The molecule has 6 heteroatoms. The predicted octanol–water partition coefficient (Wildman–Crippen LogP) is 5.55. The lowest BCUT2D eigenvalue weighted by Crippen LogP contribution is -2.17. The maximum Gasteiger partial charge on any atom is 0.326 e. The van der Waals surface area contributed by atoms with Crippen LogP contribution in [0.1, 0.15) is 11.1 Å². The quantitative estimate of drug-likeness (QED) is 0.392. The van der Waals surface area contributed by atoms with Crippen molar-refractivity contribution in [2.45, 2.75) is 6.54 Å². The molecule has 1 N–H and O–H groups in total. The molecule has 2 aromatic heterocycles. The summed E-state index contributed by atoms with van der Waals surface area (Å²) in [5.74, 6) is 1.47. The van der Waals surface area contributed by atoms with Gasteiger partial charge in [-0.15, -0.1) is 0 Å². The van der Waals surface area contributed by atoms with Crippen LogP contribution in [0.3, 0.4) is 0 Å². The molecule has 2 heterocycles. The highest BCUT2D eigenvalue weighted by atomic mass is 35.5. The number of hydrogen-bond donors (Lipinski definition) is 1. The lowest BCUT2D eigenvalue weighted by molar-refractivity contribution is 0.482. The van der Waals surface area contributed by atoms with Crippen molar-refractivity contribution < 1.29 is 4.74 Å². The van der Waals surface area contributed by atoms with E-state index in [0.717, 1.165) is 39.0 Å². The smallest absolute Gasteiger partial charge is 0.326 e. The van der Waals surface area contributed by atoms with E-state index in [0.29, 0.717) is 12.1 Å². The van der Waals surface area contributed by atoms with Gasteiger partial charge in [0.25, 0.3) is 0 Å². The first-order chi connectivity index (χ1) is 14.6. The first-order valence-corrected chi connectivity index (χ1v) is 9.82. The normalized spacial score (nSPS) is 11.3. The van der Waals surface area contributed by atoms with E-state index >= 15 is 0 Å². The van der Waals surface area contributed by atoms with Gasteiger partial charge < -0.3 is 9.72 Å². The number of nitrogens with zero attached hydrogens (tertiary/aromatic N) is 2. The van der Waals surface area contributed by atoms with Crippen LogP contribution in [0.4, 0.5) is 0 Å². The second-order valence-electron chi connectivity index (χ2n) is 7.05. The predicted molar refractivity (Wildman–Crippen MR) is 119 cm³/mol. The van der Waals surface area contributed by atoms with Crippen molar-refractivity contribution in [3.8, 4) is 11.5 Å². The summed E-state index contributed by atoms with van der Waals surface area (Å²) in [5, 5.41) is 1.17. The van der Waals surface area contributed by atoms with E-state index in [9.17, 15) is 4.79 Å². The number of fused-ring (bicyclic) bond motifs is 3. The second-order valence-corrected chi connectivity index (χ2v) is 7.41. The van der Waals surface area contributed by atoms with Crippen LogP contribution in [0, 0.1) is 6.92 Å². The maximum absolute atomic E-state index is 12.7. The van der Waals surface area contributed by atoms with Crippen LogP contribution in [-0.4, -0.2) is 14.5 Å². The number of ether oxygens (including phenoxy) is 1. The first-order valence-electron chi connectivity index (χ1n) is 9.44. The Labute approximate surface area is 177 Å². The van der Waals surface area contributed by atoms with Gasteiger partial charge in [0.2, 0.25) is 0 Å². The van der Waals surface area contributed by atoms with Crippen molar-refractivity contribution in [1.82, 2.24) is 14.5 Å². The highest BCUT2D eigenvalue weighted by Crippen LogP contribution is 2.28.